The highest BCUT2D eigenvalue weighted by atomic mass is 19.1. The summed E-state index contributed by atoms with van der Waals surface area (Å²) in [4.78, 5) is 31.5. The van der Waals surface area contributed by atoms with Crippen LogP contribution in [0.1, 0.15) is 38.2 Å². The molecule has 2 aliphatic rings. The second-order valence-electron chi connectivity index (χ2n) is 8.48. The number of piperazine rings is 1. The highest BCUT2D eigenvalue weighted by molar-refractivity contribution is 5.95. The number of carbonyl (C=O) groups is 2. The van der Waals surface area contributed by atoms with E-state index in [1.165, 1.54) is 17.7 Å². The molecule has 4 rings (SSSR count). The van der Waals surface area contributed by atoms with Crippen LogP contribution in [-0.4, -0.2) is 48.9 Å². The maximum Gasteiger partial charge on any atom is 0.227 e. The first kappa shape index (κ1) is 21.3. The summed E-state index contributed by atoms with van der Waals surface area (Å²) in [6.07, 6.45) is 3.33. The first-order chi connectivity index (χ1) is 15.0. The van der Waals surface area contributed by atoms with Crippen LogP contribution in [0.3, 0.4) is 0 Å². The second-order valence-corrected chi connectivity index (χ2v) is 8.48. The van der Waals surface area contributed by atoms with Gasteiger partial charge in [0, 0.05) is 56.4 Å². The maximum atomic E-state index is 13.1. The van der Waals surface area contributed by atoms with E-state index < -0.39 is 0 Å². The Kier molecular flexibility index (Phi) is 6.54. The van der Waals surface area contributed by atoms with Crippen molar-refractivity contribution in [2.45, 2.75) is 45.1 Å². The lowest BCUT2D eigenvalue weighted by Crippen LogP contribution is -2.48. The minimum Gasteiger partial charge on any atom is -0.368 e. The third-order valence-corrected chi connectivity index (χ3v) is 6.40. The lowest BCUT2D eigenvalue weighted by Gasteiger charge is -2.36. The molecule has 0 aliphatic carbocycles. The van der Waals surface area contributed by atoms with Gasteiger partial charge in [0.1, 0.15) is 5.82 Å². The lowest BCUT2D eigenvalue weighted by atomic mass is 9.96. The minimum atomic E-state index is -0.241. The molecule has 31 heavy (non-hydrogen) atoms. The Balaban J connectivity index is 1.24. The van der Waals surface area contributed by atoms with Crippen LogP contribution in [0, 0.1) is 5.82 Å². The largest absolute Gasteiger partial charge is 0.368 e. The topological polar surface area (TPSA) is 43.9 Å². The molecular weight excluding hydrogens is 393 g/mol. The van der Waals surface area contributed by atoms with Crippen molar-refractivity contribution in [2.75, 3.05) is 36.0 Å². The van der Waals surface area contributed by atoms with E-state index in [1.54, 1.807) is 12.1 Å². The van der Waals surface area contributed by atoms with E-state index >= 15 is 0 Å². The molecule has 1 atom stereocenters. The molecule has 2 aromatic rings. The number of rotatable bonds is 5. The van der Waals surface area contributed by atoms with Crippen molar-refractivity contribution in [3.05, 3.63) is 59.9 Å². The van der Waals surface area contributed by atoms with E-state index in [0.717, 1.165) is 37.3 Å². The van der Waals surface area contributed by atoms with Crippen LogP contribution in [0.15, 0.2) is 48.5 Å². The summed E-state index contributed by atoms with van der Waals surface area (Å²) in [5.74, 6) is -0.0261. The van der Waals surface area contributed by atoms with Gasteiger partial charge in [-0.25, -0.2) is 4.39 Å². The molecule has 0 aromatic heterocycles. The zero-order valence-electron chi connectivity index (χ0n) is 18.1. The molecule has 0 N–H and O–H groups in total. The van der Waals surface area contributed by atoms with E-state index in [4.69, 9.17) is 0 Å². The molecule has 0 bridgehead atoms. The van der Waals surface area contributed by atoms with Gasteiger partial charge >= 0.3 is 0 Å². The fourth-order valence-corrected chi connectivity index (χ4v) is 4.60. The maximum absolute atomic E-state index is 13.1. The molecule has 2 aliphatic heterocycles. The molecule has 0 radical (unpaired) electrons. The van der Waals surface area contributed by atoms with Gasteiger partial charge in [-0.2, -0.15) is 0 Å². The Morgan fingerprint density at radius 2 is 1.61 bits per heavy atom. The molecule has 0 unspecified atom stereocenters. The molecule has 1 fully saturated rings. The summed E-state index contributed by atoms with van der Waals surface area (Å²) >= 11 is 0. The van der Waals surface area contributed by atoms with E-state index in [9.17, 15) is 14.0 Å². The highest BCUT2D eigenvalue weighted by Gasteiger charge is 2.28. The van der Waals surface area contributed by atoms with Crippen LogP contribution in [-0.2, 0) is 16.0 Å². The van der Waals surface area contributed by atoms with Crippen LogP contribution in [0.4, 0.5) is 15.8 Å². The number of aryl methyl sites for hydroxylation is 1. The van der Waals surface area contributed by atoms with Crippen molar-refractivity contribution in [1.82, 2.24) is 4.90 Å². The number of amides is 2. The van der Waals surface area contributed by atoms with Gasteiger partial charge in [-0.15, -0.1) is 0 Å². The van der Waals surface area contributed by atoms with Gasteiger partial charge < -0.3 is 14.7 Å². The lowest BCUT2D eigenvalue weighted by molar-refractivity contribution is -0.131. The number of carbonyl (C=O) groups excluding carboxylic acids is 2. The first-order valence-electron chi connectivity index (χ1n) is 11.2. The number of hydrogen-bond donors (Lipinski definition) is 0. The Bertz CT molecular complexity index is 923. The number of para-hydroxylation sites is 1. The fourth-order valence-electron chi connectivity index (χ4n) is 4.60. The van der Waals surface area contributed by atoms with Crippen LogP contribution in [0.5, 0.6) is 0 Å². The van der Waals surface area contributed by atoms with Crippen LogP contribution >= 0.6 is 0 Å². The fraction of sp³-hybridized carbons (Fsp3) is 0.440. The van der Waals surface area contributed by atoms with Crippen molar-refractivity contribution < 1.29 is 14.0 Å². The summed E-state index contributed by atoms with van der Waals surface area (Å²) in [6, 6.07) is 14.8. The molecule has 0 saturated carbocycles. The molecule has 2 heterocycles. The highest BCUT2D eigenvalue weighted by Crippen LogP contribution is 2.31. The Labute approximate surface area is 183 Å². The summed E-state index contributed by atoms with van der Waals surface area (Å²) in [5, 5.41) is 0. The van der Waals surface area contributed by atoms with Crippen LogP contribution in [0.2, 0.25) is 0 Å². The van der Waals surface area contributed by atoms with Crippen molar-refractivity contribution in [1.29, 1.82) is 0 Å². The van der Waals surface area contributed by atoms with Crippen LogP contribution < -0.4 is 9.80 Å². The Morgan fingerprint density at radius 3 is 2.35 bits per heavy atom. The van der Waals surface area contributed by atoms with E-state index in [-0.39, 0.29) is 23.7 Å². The number of halogens is 1. The number of anilines is 2. The van der Waals surface area contributed by atoms with Gasteiger partial charge in [-0.05, 0) is 62.1 Å². The molecule has 1 saturated heterocycles. The van der Waals surface area contributed by atoms with E-state index in [1.807, 2.05) is 28.0 Å². The van der Waals surface area contributed by atoms with Crippen molar-refractivity contribution in [2.24, 2.45) is 0 Å². The van der Waals surface area contributed by atoms with Gasteiger partial charge in [0.25, 0.3) is 0 Å². The number of fused-ring (bicyclic) bond motifs is 1. The normalized spacial score (nSPS) is 18.6. The van der Waals surface area contributed by atoms with E-state index in [0.29, 0.717) is 32.4 Å². The summed E-state index contributed by atoms with van der Waals surface area (Å²) in [6.45, 7) is 4.87. The molecule has 5 nitrogen and oxygen atoms in total. The first-order valence-corrected chi connectivity index (χ1v) is 11.2. The summed E-state index contributed by atoms with van der Waals surface area (Å²) < 4.78 is 13.1. The smallest absolute Gasteiger partial charge is 0.227 e. The number of benzene rings is 2. The standard InChI is InChI=1S/C25H30FN3O2/c1-19-9-10-20-5-2-3-6-23(20)29(19)25(31)8-4-7-24(30)28-17-15-27(16-18-28)22-13-11-21(26)12-14-22/h2-3,5-6,11-14,19H,4,7-10,15-18H2,1H3/t19-/m1/s1. The summed E-state index contributed by atoms with van der Waals surface area (Å²) in [5.41, 5.74) is 3.23. The predicted molar refractivity (Wildman–Crippen MR) is 121 cm³/mol. The molecule has 2 amide bonds. The Hall–Kier alpha value is -2.89. The van der Waals surface area contributed by atoms with Gasteiger partial charge in [0.2, 0.25) is 11.8 Å². The third kappa shape index (κ3) is 4.89. The average molecular weight is 424 g/mol. The average Bonchev–Trinajstić information content (AvgIpc) is 2.79. The summed E-state index contributed by atoms with van der Waals surface area (Å²) in [7, 11) is 0. The zero-order valence-corrected chi connectivity index (χ0v) is 18.1. The number of hydrogen-bond acceptors (Lipinski definition) is 3. The molecule has 164 valence electrons. The van der Waals surface area contributed by atoms with Crippen molar-refractivity contribution in [3.63, 3.8) is 0 Å². The van der Waals surface area contributed by atoms with Gasteiger partial charge in [-0.1, -0.05) is 18.2 Å². The van der Waals surface area contributed by atoms with Gasteiger partial charge in [-0.3, -0.25) is 9.59 Å². The molecular formula is C25H30FN3O2. The zero-order chi connectivity index (χ0) is 21.8. The Morgan fingerprint density at radius 1 is 0.935 bits per heavy atom. The van der Waals surface area contributed by atoms with Crippen molar-refractivity contribution in [3.8, 4) is 0 Å². The molecule has 0 spiro atoms. The van der Waals surface area contributed by atoms with Crippen LogP contribution in [0.25, 0.3) is 0 Å². The predicted octanol–water partition coefficient (Wildman–Crippen LogP) is 4.01. The third-order valence-electron chi connectivity index (χ3n) is 6.40. The second kappa shape index (κ2) is 9.50. The minimum absolute atomic E-state index is 0.105. The molecule has 2 aromatic carbocycles. The van der Waals surface area contributed by atoms with Crippen molar-refractivity contribution >= 4 is 23.2 Å². The quantitative estimate of drug-likeness (QED) is 0.730. The number of nitrogens with zero attached hydrogens (tertiary/aromatic N) is 3. The van der Waals surface area contributed by atoms with E-state index in [2.05, 4.69) is 17.9 Å². The van der Waals surface area contributed by atoms with Gasteiger partial charge in [0.05, 0.1) is 0 Å². The van der Waals surface area contributed by atoms with Gasteiger partial charge in [0.15, 0.2) is 0 Å². The molecule has 6 heteroatoms. The SMILES string of the molecule is C[C@@H]1CCc2ccccc2N1C(=O)CCCC(=O)N1CCN(c2ccc(F)cc2)CC1. The monoisotopic (exact) mass is 423 g/mol.